The molecule has 1 fully saturated rings. The number of H-pyrrole nitrogens is 1. The highest BCUT2D eigenvalue weighted by Crippen LogP contribution is 2.36. The molecule has 164 valence electrons. The molecule has 2 aromatic heterocycles. The fourth-order valence-electron chi connectivity index (χ4n) is 4.42. The lowest BCUT2D eigenvalue weighted by atomic mass is 9.89. The second-order valence-corrected chi connectivity index (χ2v) is 9.50. The predicted octanol–water partition coefficient (Wildman–Crippen LogP) is 7.64. The molecule has 0 spiro atoms. The summed E-state index contributed by atoms with van der Waals surface area (Å²) in [5.41, 5.74) is 4.30. The maximum Gasteiger partial charge on any atom is 0.201 e. The molecule has 2 heterocycles. The highest BCUT2D eigenvalue weighted by molar-refractivity contribution is 6.35. The van der Waals surface area contributed by atoms with E-state index in [4.69, 9.17) is 44.9 Å². The average Bonchev–Trinajstić information content (AvgIpc) is 3.40. The zero-order chi connectivity index (χ0) is 22.2. The molecule has 32 heavy (non-hydrogen) atoms. The SMILES string of the molecule is Cc1c(-c2n[nH]c(C3CCCCC3)n2)nn(-c2ccc(Cl)cc2Cl)c1-c1ccc(Cl)cc1. The van der Waals surface area contributed by atoms with Crippen molar-refractivity contribution in [2.75, 3.05) is 0 Å². The summed E-state index contributed by atoms with van der Waals surface area (Å²) in [4.78, 5) is 4.84. The van der Waals surface area contributed by atoms with Crippen molar-refractivity contribution in [3.63, 3.8) is 0 Å². The molecule has 8 heteroatoms. The van der Waals surface area contributed by atoms with Gasteiger partial charge in [-0.3, -0.25) is 5.10 Å². The molecule has 0 radical (unpaired) electrons. The van der Waals surface area contributed by atoms with Crippen LogP contribution in [0.5, 0.6) is 0 Å². The molecule has 0 unspecified atom stereocenters. The summed E-state index contributed by atoms with van der Waals surface area (Å²) < 4.78 is 1.84. The van der Waals surface area contributed by atoms with E-state index in [1.54, 1.807) is 12.1 Å². The van der Waals surface area contributed by atoms with Gasteiger partial charge in [0.05, 0.1) is 16.4 Å². The molecule has 4 aromatic rings. The van der Waals surface area contributed by atoms with Crippen molar-refractivity contribution in [1.29, 1.82) is 0 Å². The molecule has 5 rings (SSSR count). The summed E-state index contributed by atoms with van der Waals surface area (Å²) in [5, 5.41) is 14.4. The van der Waals surface area contributed by atoms with Gasteiger partial charge in [-0.05, 0) is 50.1 Å². The summed E-state index contributed by atoms with van der Waals surface area (Å²) in [7, 11) is 0. The summed E-state index contributed by atoms with van der Waals surface area (Å²) in [6, 6.07) is 13.1. The summed E-state index contributed by atoms with van der Waals surface area (Å²) >= 11 is 18.8. The second kappa shape index (κ2) is 8.89. The van der Waals surface area contributed by atoms with Crippen LogP contribution in [-0.2, 0) is 0 Å². The van der Waals surface area contributed by atoms with Crippen LogP contribution in [0.2, 0.25) is 15.1 Å². The minimum Gasteiger partial charge on any atom is -0.262 e. The van der Waals surface area contributed by atoms with Crippen LogP contribution in [0.4, 0.5) is 0 Å². The van der Waals surface area contributed by atoms with E-state index in [9.17, 15) is 0 Å². The monoisotopic (exact) mass is 485 g/mol. The van der Waals surface area contributed by atoms with Gasteiger partial charge >= 0.3 is 0 Å². The Balaban J connectivity index is 1.64. The Morgan fingerprint density at radius 1 is 0.938 bits per heavy atom. The predicted molar refractivity (Wildman–Crippen MR) is 130 cm³/mol. The van der Waals surface area contributed by atoms with E-state index < -0.39 is 0 Å². The maximum absolute atomic E-state index is 6.56. The third-order valence-electron chi connectivity index (χ3n) is 6.08. The van der Waals surface area contributed by atoms with E-state index in [1.807, 2.05) is 41.9 Å². The standard InChI is InChI=1S/C24H22Cl3N5/c1-14-21(24-28-23(29-30-24)16-5-3-2-4-6-16)31-32(20-12-11-18(26)13-19(20)27)22(14)15-7-9-17(25)10-8-15/h7-13,16H,2-6H2,1H3,(H,28,29,30). The van der Waals surface area contributed by atoms with Crippen LogP contribution in [0.25, 0.3) is 28.5 Å². The number of nitrogens with zero attached hydrogens (tertiary/aromatic N) is 4. The minimum atomic E-state index is 0.439. The van der Waals surface area contributed by atoms with Crippen LogP contribution < -0.4 is 0 Å². The van der Waals surface area contributed by atoms with E-state index in [0.29, 0.717) is 26.8 Å². The van der Waals surface area contributed by atoms with Gasteiger partial charge in [0.2, 0.25) is 5.82 Å². The van der Waals surface area contributed by atoms with Crippen molar-refractivity contribution >= 4 is 34.8 Å². The summed E-state index contributed by atoms with van der Waals surface area (Å²) in [5.74, 6) is 1.99. The Bertz CT molecular complexity index is 1250. The van der Waals surface area contributed by atoms with Crippen LogP contribution in [0.3, 0.4) is 0 Å². The zero-order valence-electron chi connectivity index (χ0n) is 17.6. The van der Waals surface area contributed by atoms with Gasteiger partial charge in [-0.15, -0.1) is 0 Å². The Morgan fingerprint density at radius 3 is 2.38 bits per heavy atom. The van der Waals surface area contributed by atoms with E-state index in [0.717, 1.165) is 46.9 Å². The van der Waals surface area contributed by atoms with E-state index in [2.05, 4.69) is 10.2 Å². The van der Waals surface area contributed by atoms with Gasteiger partial charge < -0.3 is 0 Å². The summed E-state index contributed by atoms with van der Waals surface area (Å²) in [6.45, 7) is 2.03. The summed E-state index contributed by atoms with van der Waals surface area (Å²) in [6.07, 6.45) is 6.08. The normalized spacial score (nSPS) is 14.8. The van der Waals surface area contributed by atoms with E-state index in [-0.39, 0.29) is 0 Å². The lowest BCUT2D eigenvalue weighted by molar-refractivity contribution is 0.429. The molecule has 2 aromatic carbocycles. The number of rotatable bonds is 4. The zero-order valence-corrected chi connectivity index (χ0v) is 19.8. The molecule has 0 bridgehead atoms. The third kappa shape index (κ3) is 4.05. The number of hydrogen-bond donors (Lipinski definition) is 1. The highest BCUT2D eigenvalue weighted by Gasteiger charge is 2.24. The number of nitrogens with one attached hydrogen (secondary N) is 1. The topological polar surface area (TPSA) is 59.4 Å². The number of hydrogen-bond acceptors (Lipinski definition) is 3. The number of halogens is 3. The molecule has 1 aliphatic carbocycles. The van der Waals surface area contributed by atoms with E-state index >= 15 is 0 Å². The molecular formula is C24H22Cl3N5. The highest BCUT2D eigenvalue weighted by atomic mass is 35.5. The molecule has 0 saturated heterocycles. The van der Waals surface area contributed by atoms with E-state index in [1.165, 1.54) is 19.3 Å². The molecule has 5 nitrogen and oxygen atoms in total. The van der Waals surface area contributed by atoms with Gasteiger partial charge in [0.25, 0.3) is 0 Å². The largest absolute Gasteiger partial charge is 0.262 e. The van der Waals surface area contributed by atoms with Gasteiger partial charge in [-0.2, -0.15) is 10.2 Å². The van der Waals surface area contributed by atoms with Crippen molar-refractivity contribution in [3.05, 3.63) is 68.9 Å². The van der Waals surface area contributed by atoms with Crippen molar-refractivity contribution < 1.29 is 0 Å². The van der Waals surface area contributed by atoms with Gasteiger partial charge in [0, 0.05) is 27.1 Å². The maximum atomic E-state index is 6.56. The lowest BCUT2D eigenvalue weighted by Gasteiger charge is -2.18. The molecule has 0 amide bonds. The first kappa shape index (κ1) is 21.5. The van der Waals surface area contributed by atoms with Gasteiger partial charge in [-0.25, -0.2) is 9.67 Å². The number of aromatic amines is 1. The Hall–Kier alpha value is -2.34. The van der Waals surface area contributed by atoms with Crippen molar-refractivity contribution in [2.45, 2.75) is 44.9 Å². The Labute approximate surface area is 201 Å². The fourth-order valence-corrected chi connectivity index (χ4v) is 5.04. The van der Waals surface area contributed by atoms with Crippen molar-refractivity contribution in [1.82, 2.24) is 25.0 Å². The molecule has 0 aliphatic heterocycles. The molecule has 1 aliphatic rings. The van der Waals surface area contributed by atoms with Crippen LogP contribution in [-0.4, -0.2) is 25.0 Å². The first-order valence-electron chi connectivity index (χ1n) is 10.7. The Kier molecular flexibility index (Phi) is 5.97. The van der Waals surface area contributed by atoms with Crippen molar-refractivity contribution in [2.24, 2.45) is 0 Å². The molecule has 0 atom stereocenters. The first-order valence-corrected chi connectivity index (χ1v) is 11.9. The van der Waals surface area contributed by atoms with Gasteiger partial charge in [0.15, 0.2) is 0 Å². The van der Waals surface area contributed by atoms with Crippen LogP contribution in [0.15, 0.2) is 42.5 Å². The van der Waals surface area contributed by atoms with Gasteiger partial charge in [-0.1, -0.05) is 66.2 Å². The molecule has 1 saturated carbocycles. The average molecular weight is 487 g/mol. The molecular weight excluding hydrogens is 465 g/mol. The van der Waals surface area contributed by atoms with Crippen LogP contribution in [0, 0.1) is 6.92 Å². The van der Waals surface area contributed by atoms with Crippen LogP contribution >= 0.6 is 34.8 Å². The second-order valence-electron chi connectivity index (χ2n) is 8.22. The third-order valence-corrected chi connectivity index (χ3v) is 6.87. The van der Waals surface area contributed by atoms with Gasteiger partial charge in [0.1, 0.15) is 11.5 Å². The van der Waals surface area contributed by atoms with Crippen molar-refractivity contribution in [3.8, 4) is 28.5 Å². The van der Waals surface area contributed by atoms with Crippen LogP contribution in [0.1, 0.15) is 49.4 Å². The quantitative estimate of drug-likeness (QED) is 0.322. The smallest absolute Gasteiger partial charge is 0.201 e. The minimum absolute atomic E-state index is 0.439. The number of benzene rings is 2. The lowest BCUT2D eigenvalue weighted by Crippen LogP contribution is -2.06. The number of aromatic nitrogens is 5. The first-order chi connectivity index (χ1) is 15.5. The molecule has 1 N–H and O–H groups in total. The fraction of sp³-hybridized carbons (Fsp3) is 0.292. The Morgan fingerprint density at radius 2 is 1.66 bits per heavy atom.